The van der Waals surface area contributed by atoms with Crippen molar-refractivity contribution in [3.63, 3.8) is 0 Å². The van der Waals surface area contributed by atoms with Crippen LogP contribution in [0.2, 0.25) is 0 Å². The fraction of sp³-hybridized carbons (Fsp3) is 0.333. The summed E-state index contributed by atoms with van der Waals surface area (Å²) in [5.74, 6) is -1.08. The van der Waals surface area contributed by atoms with Crippen LogP contribution >= 0.6 is 0 Å². The van der Waals surface area contributed by atoms with E-state index in [-0.39, 0.29) is 17.5 Å². The minimum Gasteiger partial charge on any atom is -0.462 e. The number of rotatable bonds is 9. The van der Waals surface area contributed by atoms with Crippen molar-refractivity contribution in [3.8, 4) is 0 Å². The Bertz CT molecular complexity index is 819. The van der Waals surface area contributed by atoms with Crippen molar-refractivity contribution in [1.29, 1.82) is 0 Å². The van der Waals surface area contributed by atoms with Gasteiger partial charge in [-0.05, 0) is 49.7 Å². The van der Waals surface area contributed by atoms with Crippen LogP contribution in [-0.4, -0.2) is 35.9 Å². The first-order chi connectivity index (χ1) is 13.5. The van der Waals surface area contributed by atoms with E-state index >= 15 is 0 Å². The average Bonchev–Trinajstić information content (AvgIpc) is 2.72. The highest BCUT2D eigenvalue weighted by Gasteiger charge is 2.12. The fourth-order valence-electron chi connectivity index (χ4n) is 2.47. The Labute approximate surface area is 164 Å². The number of aromatic nitrogens is 1. The van der Waals surface area contributed by atoms with Gasteiger partial charge in [-0.15, -0.1) is 0 Å². The number of anilines is 1. The van der Waals surface area contributed by atoms with Crippen LogP contribution in [0.5, 0.6) is 0 Å². The van der Waals surface area contributed by atoms with Crippen LogP contribution in [0.15, 0.2) is 42.6 Å². The maximum atomic E-state index is 12.4. The van der Waals surface area contributed by atoms with Gasteiger partial charge in [-0.2, -0.15) is 0 Å². The third kappa shape index (κ3) is 6.19. The zero-order valence-corrected chi connectivity index (χ0v) is 16.2. The van der Waals surface area contributed by atoms with E-state index in [0.717, 1.165) is 19.3 Å². The molecule has 0 radical (unpaired) electrons. The number of benzene rings is 1. The van der Waals surface area contributed by atoms with Gasteiger partial charge in [0.15, 0.2) is 0 Å². The van der Waals surface area contributed by atoms with Crippen molar-refractivity contribution in [2.75, 3.05) is 18.5 Å². The monoisotopic (exact) mass is 383 g/mol. The van der Waals surface area contributed by atoms with E-state index in [1.807, 2.05) is 0 Å². The van der Waals surface area contributed by atoms with Gasteiger partial charge in [0.25, 0.3) is 11.8 Å². The minimum absolute atomic E-state index is 0.196. The quantitative estimate of drug-likeness (QED) is 0.511. The Balaban J connectivity index is 1.98. The normalized spacial score (nSPS) is 10.2. The van der Waals surface area contributed by atoms with Gasteiger partial charge in [0.05, 0.1) is 12.2 Å². The number of pyridine rings is 1. The minimum atomic E-state index is -0.413. The second-order valence-electron chi connectivity index (χ2n) is 6.14. The molecule has 0 aliphatic carbocycles. The number of hydrogen-bond donors (Lipinski definition) is 2. The van der Waals surface area contributed by atoms with Gasteiger partial charge in [0.2, 0.25) is 0 Å². The van der Waals surface area contributed by atoms with Crippen LogP contribution in [0, 0.1) is 0 Å². The largest absolute Gasteiger partial charge is 0.462 e. The van der Waals surface area contributed by atoms with Crippen molar-refractivity contribution >= 4 is 23.5 Å². The molecule has 0 saturated carbocycles. The van der Waals surface area contributed by atoms with Gasteiger partial charge >= 0.3 is 5.97 Å². The van der Waals surface area contributed by atoms with E-state index in [2.05, 4.69) is 22.5 Å². The number of hydrogen-bond acceptors (Lipinski definition) is 5. The first-order valence-corrected chi connectivity index (χ1v) is 9.38. The number of carbonyl (C=O) groups excluding carboxylic acids is 3. The topological polar surface area (TPSA) is 97.4 Å². The van der Waals surface area contributed by atoms with Crippen LogP contribution in [0.25, 0.3) is 0 Å². The third-order valence-electron chi connectivity index (χ3n) is 3.97. The van der Waals surface area contributed by atoms with Gasteiger partial charge in [0.1, 0.15) is 5.69 Å². The number of nitrogens with zero attached hydrogens (tertiary/aromatic N) is 1. The molecule has 0 atom stereocenters. The van der Waals surface area contributed by atoms with E-state index in [9.17, 15) is 14.4 Å². The third-order valence-corrected chi connectivity index (χ3v) is 3.97. The number of esters is 1. The molecular formula is C21H25N3O4. The molecule has 2 aromatic rings. The molecule has 0 bridgehead atoms. The molecule has 28 heavy (non-hydrogen) atoms. The van der Waals surface area contributed by atoms with Crippen LogP contribution < -0.4 is 10.6 Å². The van der Waals surface area contributed by atoms with Crippen LogP contribution in [0.4, 0.5) is 5.69 Å². The van der Waals surface area contributed by atoms with Crippen molar-refractivity contribution in [2.45, 2.75) is 33.1 Å². The highest BCUT2D eigenvalue weighted by Crippen LogP contribution is 2.13. The molecule has 2 rings (SSSR count). The molecule has 1 aromatic heterocycles. The second-order valence-corrected chi connectivity index (χ2v) is 6.14. The van der Waals surface area contributed by atoms with E-state index in [0.29, 0.717) is 30.0 Å². The zero-order chi connectivity index (χ0) is 20.4. The molecule has 0 aliphatic heterocycles. The zero-order valence-electron chi connectivity index (χ0n) is 16.2. The Morgan fingerprint density at radius 3 is 2.39 bits per heavy atom. The maximum Gasteiger partial charge on any atom is 0.338 e. The highest BCUT2D eigenvalue weighted by atomic mass is 16.5. The first-order valence-electron chi connectivity index (χ1n) is 9.38. The lowest BCUT2D eigenvalue weighted by molar-refractivity contribution is 0.0526. The van der Waals surface area contributed by atoms with Gasteiger partial charge in [-0.1, -0.05) is 19.8 Å². The molecule has 1 heterocycles. The molecule has 7 heteroatoms. The number of unbranched alkanes of at least 4 members (excludes halogenated alkanes) is 2. The molecule has 2 N–H and O–H groups in total. The van der Waals surface area contributed by atoms with Crippen molar-refractivity contribution in [2.24, 2.45) is 0 Å². The smallest absolute Gasteiger partial charge is 0.338 e. The van der Waals surface area contributed by atoms with Crippen LogP contribution in [-0.2, 0) is 4.74 Å². The average molecular weight is 383 g/mol. The molecule has 1 aromatic carbocycles. The molecule has 148 valence electrons. The standard InChI is InChI=1S/C21H25N3O4/c1-3-5-6-12-23-20(26)18-14-16(11-13-22-18)19(25)24-17-9-7-15(8-10-17)21(27)28-4-2/h7-11,13-14H,3-6,12H2,1-2H3,(H,23,26)(H,24,25). The van der Waals surface area contributed by atoms with Crippen LogP contribution in [0.3, 0.4) is 0 Å². The van der Waals surface area contributed by atoms with Gasteiger partial charge in [-0.3, -0.25) is 14.6 Å². The molecular weight excluding hydrogens is 358 g/mol. The summed E-state index contributed by atoms with van der Waals surface area (Å²) in [5.41, 5.74) is 1.45. The lowest BCUT2D eigenvalue weighted by Gasteiger charge is -2.08. The van der Waals surface area contributed by atoms with E-state index in [4.69, 9.17) is 4.74 Å². The molecule has 0 aliphatic rings. The Morgan fingerprint density at radius 1 is 0.964 bits per heavy atom. The van der Waals surface area contributed by atoms with Crippen molar-refractivity contribution in [3.05, 3.63) is 59.4 Å². The van der Waals surface area contributed by atoms with E-state index < -0.39 is 5.97 Å². The summed E-state index contributed by atoms with van der Waals surface area (Å²) < 4.78 is 4.92. The SMILES string of the molecule is CCCCCNC(=O)c1cc(C(=O)Nc2ccc(C(=O)OCC)cc2)ccn1. The molecule has 0 spiro atoms. The van der Waals surface area contributed by atoms with Gasteiger partial charge < -0.3 is 15.4 Å². The Kier molecular flexibility index (Phi) is 8.14. The number of carbonyl (C=O) groups is 3. The molecule has 0 fully saturated rings. The molecule has 0 unspecified atom stereocenters. The van der Waals surface area contributed by atoms with Crippen molar-refractivity contribution < 1.29 is 19.1 Å². The van der Waals surface area contributed by atoms with E-state index in [1.54, 1.807) is 31.2 Å². The predicted octanol–water partition coefficient (Wildman–Crippen LogP) is 3.43. The lowest BCUT2D eigenvalue weighted by atomic mass is 10.1. The number of ether oxygens (including phenoxy) is 1. The summed E-state index contributed by atoms with van der Waals surface area (Å²) in [7, 11) is 0. The molecule has 2 amide bonds. The van der Waals surface area contributed by atoms with Crippen LogP contribution in [0.1, 0.15) is 64.3 Å². The first kappa shape index (κ1) is 21.1. The van der Waals surface area contributed by atoms with Crippen molar-refractivity contribution in [1.82, 2.24) is 10.3 Å². The molecule has 7 nitrogen and oxygen atoms in total. The Hall–Kier alpha value is -3.22. The second kappa shape index (κ2) is 10.8. The summed E-state index contributed by atoms with van der Waals surface area (Å²) in [6, 6.07) is 9.39. The van der Waals surface area contributed by atoms with Gasteiger partial charge in [-0.25, -0.2) is 4.79 Å². The summed E-state index contributed by atoms with van der Waals surface area (Å²) >= 11 is 0. The summed E-state index contributed by atoms with van der Waals surface area (Å²) in [5, 5.41) is 5.53. The van der Waals surface area contributed by atoms with E-state index in [1.165, 1.54) is 18.3 Å². The Morgan fingerprint density at radius 2 is 1.71 bits per heavy atom. The predicted molar refractivity (Wildman–Crippen MR) is 106 cm³/mol. The summed E-state index contributed by atoms with van der Waals surface area (Å²) in [6.07, 6.45) is 4.46. The van der Waals surface area contributed by atoms with Gasteiger partial charge in [0, 0.05) is 24.0 Å². The number of nitrogens with one attached hydrogen (secondary N) is 2. The number of amides is 2. The molecule has 0 saturated heterocycles. The summed E-state index contributed by atoms with van der Waals surface area (Å²) in [4.78, 5) is 40.3. The highest BCUT2D eigenvalue weighted by molar-refractivity contribution is 6.05. The summed E-state index contributed by atoms with van der Waals surface area (Å²) in [6.45, 7) is 4.71. The lowest BCUT2D eigenvalue weighted by Crippen LogP contribution is -2.25. The maximum absolute atomic E-state index is 12.4. The fourth-order valence-corrected chi connectivity index (χ4v) is 2.47.